The van der Waals surface area contributed by atoms with E-state index in [1.165, 1.54) is 11.3 Å². The van der Waals surface area contributed by atoms with Gasteiger partial charge in [-0.3, -0.25) is 9.79 Å². The molecule has 0 radical (unpaired) electrons. The fraction of sp³-hybridized carbons (Fsp3) is 0.619. The lowest BCUT2D eigenvalue weighted by Gasteiger charge is -2.48. The second-order valence-corrected chi connectivity index (χ2v) is 8.49. The Labute approximate surface area is 148 Å². The monoisotopic (exact) mass is 338 g/mol. The van der Waals surface area contributed by atoms with Crippen molar-refractivity contribution in [1.29, 1.82) is 0 Å². The van der Waals surface area contributed by atoms with E-state index in [4.69, 9.17) is 15.5 Å². The number of hydrogen-bond donors (Lipinski definition) is 1. The van der Waals surface area contributed by atoms with Crippen LogP contribution in [0.15, 0.2) is 29.3 Å². The molecule has 1 aromatic rings. The Bertz CT molecular complexity index is 743. The summed E-state index contributed by atoms with van der Waals surface area (Å²) >= 11 is 0. The number of hydrogen-bond acceptors (Lipinski definition) is 4. The Balaban J connectivity index is 1.54. The Hall–Kier alpha value is -1.68. The van der Waals surface area contributed by atoms with Gasteiger partial charge in [-0.05, 0) is 56.1 Å². The molecule has 5 rings (SSSR count). The minimum absolute atomic E-state index is 0.00506. The number of fused-ring (bicyclic) bond motifs is 3. The van der Waals surface area contributed by atoms with Crippen molar-refractivity contribution in [2.45, 2.75) is 51.2 Å². The molecular weight excluding hydrogens is 312 g/mol. The van der Waals surface area contributed by atoms with Crippen LogP contribution >= 0.6 is 0 Å². The van der Waals surface area contributed by atoms with Crippen molar-refractivity contribution in [3.05, 3.63) is 29.8 Å². The Morgan fingerprint density at radius 1 is 1.20 bits per heavy atom. The summed E-state index contributed by atoms with van der Waals surface area (Å²) in [5.41, 5.74) is 9.98. The molecule has 2 aliphatic heterocycles. The predicted molar refractivity (Wildman–Crippen MR) is 96.7 cm³/mol. The van der Waals surface area contributed by atoms with Crippen LogP contribution in [-0.4, -0.2) is 23.8 Å². The molecule has 3 fully saturated rings. The van der Waals surface area contributed by atoms with E-state index in [1.54, 1.807) is 0 Å². The minimum Gasteiger partial charge on any atom is -0.462 e. The first-order valence-electron chi connectivity index (χ1n) is 9.73. The molecule has 0 amide bonds. The van der Waals surface area contributed by atoms with Gasteiger partial charge in [0.1, 0.15) is 6.10 Å². The van der Waals surface area contributed by atoms with Crippen molar-refractivity contribution in [1.82, 2.24) is 0 Å². The third-order valence-electron chi connectivity index (χ3n) is 7.14. The Morgan fingerprint density at radius 3 is 2.88 bits per heavy atom. The van der Waals surface area contributed by atoms with Crippen molar-refractivity contribution in [3.63, 3.8) is 0 Å². The Kier molecular flexibility index (Phi) is 3.53. The number of nitrogens with two attached hydrogens (primary N) is 1. The minimum atomic E-state index is 0.00506. The van der Waals surface area contributed by atoms with Crippen molar-refractivity contribution in [2.24, 2.45) is 40.3 Å². The van der Waals surface area contributed by atoms with Crippen LogP contribution in [0.3, 0.4) is 0 Å². The van der Waals surface area contributed by atoms with Gasteiger partial charge in [0.15, 0.2) is 0 Å². The van der Waals surface area contributed by atoms with Crippen LogP contribution in [0.4, 0.5) is 5.69 Å². The van der Waals surface area contributed by atoms with Crippen LogP contribution < -0.4 is 5.73 Å². The van der Waals surface area contributed by atoms with Crippen LogP contribution in [0.5, 0.6) is 0 Å². The highest BCUT2D eigenvalue weighted by atomic mass is 16.6. The quantitative estimate of drug-likeness (QED) is 0.799. The summed E-state index contributed by atoms with van der Waals surface area (Å²) in [5.74, 6) is 1.85. The van der Waals surface area contributed by atoms with E-state index >= 15 is 0 Å². The largest absolute Gasteiger partial charge is 0.462 e. The zero-order chi connectivity index (χ0) is 17.1. The van der Waals surface area contributed by atoms with E-state index < -0.39 is 0 Å². The third-order valence-corrected chi connectivity index (χ3v) is 7.14. The summed E-state index contributed by atoms with van der Waals surface area (Å²) in [7, 11) is 0. The molecule has 7 atom stereocenters. The number of esters is 1. The maximum absolute atomic E-state index is 12.5. The molecule has 2 saturated carbocycles. The second-order valence-electron chi connectivity index (χ2n) is 8.49. The van der Waals surface area contributed by atoms with E-state index in [1.807, 2.05) is 0 Å². The van der Waals surface area contributed by atoms with Crippen molar-refractivity contribution < 1.29 is 9.53 Å². The molecule has 0 unspecified atom stereocenters. The van der Waals surface area contributed by atoms with Crippen LogP contribution in [0.1, 0.15) is 38.2 Å². The molecule has 2 aliphatic carbocycles. The molecular formula is C21H26N2O2. The van der Waals surface area contributed by atoms with Gasteiger partial charge in [0.2, 0.25) is 0 Å². The van der Waals surface area contributed by atoms with E-state index in [9.17, 15) is 4.79 Å². The number of carbonyl (C=O) groups is 1. The molecule has 25 heavy (non-hydrogen) atoms. The molecule has 0 spiro atoms. The topological polar surface area (TPSA) is 64.7 Å². The van der Waals surface area contributed by atoms with Crippen molar-refractivity contribution in [3.8, 4) is 0 Å². The molecule has 4 aliphatic rings. The number of aliphatic imine (C=N–C) groups is 1. The van der Waals surface area contributed by atoms with E-state index in [0.29, 0.717) is 17.8 Å². The first kappa shape index (κ1) is 15.6. The standard InChI is InChI=1S/C21H26N2O2/c1-11-19-16(21(24)25-11)9-13-8-14(22)6-7-15(13)20(19)18-10-12-4-2-3-5-17(12)23-18/h2-5,11,13-16,19-20H,6-10,22H2,1H3/t11-,13+,14-,15-,16-,19-,20-/m1/s1. The van der Waals surface area contributed by atoms with Gasteiger partial charge in [0.25, 0.3) is 0 Å². The lowest BCUT2D eigenvalue weighted by atomic mass is 9.55. The lowest BCUT2D eigenvalue weighted by Crippen LogP contribution is -2.49. The Morgan fingerprint density at radius 2 is 2.04 bits per heavy atom. The zero-order valence-electron chi connectivity index (χ0n) is 14.7. The van der Waals surface area contributed by atoms with Crippen LogP contribution in [0, 0.1) is 29.6 Å². The van der Waals surface area contributed by atoms with Gasteiger partial charge in [-0.25, -0.2) is 0 Å². The summed E-state index contributed by atoms with van der Waals surface area (Å²) < 4.78 is 5.68. The molecule has 1 saturated heterocycles. The first-order chi connectivity index (χ1) is 12.1. The number of nitrogens with zero attached hydrogens (tertiary/aromatic N) is 1. The predicted octanol–water partition coefficient (Wildman–Crippen LogP) is 3.26. The first-order valence-corrected chi connectivity index (χ1v) is 9.73. The SMILES string of the molecule is C[C@H]1OC(=O)[C@@H]2C[C@@H]3C[C@H](N)CC[C@H]3[C@H](C3=Nc4ccccc4C3)[C@H]12. The van der Waals surface area contributed by atoms with Gasteiger partial charge >= 0.3 is 5.97 Å². The van der Waals surface area contributed by atoms with Crippen molar-refractivity contribution in [2.75, 3.05) is 0 Å². The molecule has 2 heterocycles. The molecule has 4 heteroatoms. The number of carbonyl (C=O) groups excluding carboxylic acids is 1. The number of ether oxygens (including phenoxy) is 1. The van der Waals surface area contributed by atoms with E-state index in [0.717, 1.165) is 37.8 Å². The fourth-order valence-electron chi connectivity index (χ4n) is 6.13. The zero-order valence-corrected chi connectivity index (χ0v) is 14.7. The van der Waals surface area contributed by atoms with Gasteiger partial charge in [-0.1, -0.05) is 18.2 Å². The highest BCUT2D eigenvalue weighted by molar-refractivity contribution is 5.97. The highest BCUT2D eigenvalue weighted by Crippen LogP contribution is 2.54. The van der Waals surface area contributed by atoms with E-state index in [-0.39, 0.29) is 30.0 Å². The van der Waals surface area contributed by atoms with Gasteiger partial charge in [-0.15, -0.1) is 0 Å². The summed E-state index contributed by atoms with van der Waals surface area (Å²) in [6.45, 7) is 2.08. The maximum atomic E-state index is 12.5. The number of cyclic esters (lactones) is 1. The summed E-state index contributed by atoms with van der Waals surface area (Å²) in [6.07, 6.45) is 5.20. The smallest absolute Gasteiger partial charge is 0.309 e. The summed E-state index contributed by atoms with van der Waals surface area (Å²) in [6, 6.07) is 8.73. The van der Waals surface area contributed by atoms with Gasteiger partial charge in [0, 0.05) is 30.0 Å². The third kappa shape index (κ3) is 2.37. The normalized spacial score (nSPS) is 42.2. The van der Waals surface area contributed by atoms with Crippen LogP contribution in [0.2, 0.25) is 0 Å². The van der Waals surface area contributed by atoms with Crippen molar-refractivity contribution >= 4 is 17.4 Å². The van der Waals surface area contributed by atoms with Gasteiger partial charge < -0.3 is 10.5 Å². The summed E-state index contributed by atoms with van der Waals surface area (Å²) in [5, 5.41) is 0. The molecule has 1 aromatic carbocycles. The maximum Gasteiger partial charge on any atom is 0.309 e. The van der Waals surface area contributed by atoms with Gasteiger partial charge in [0.05, 0.1) is 11.6 Å². The lowest BCUT2D eigenvalue weighted by molar-refractivity contribution is -0.144. The average molecular weight is 338 g/mol. The number of rotatable bonds is 1. The molecule has 0 aromatic heterocycles. The second kappa shape index (κ2) is 5.66. The van der Waals surface area contributed by atoms with Gasteiger partial charge in [-0.2, -0.15) is 0 Å². The van der Waals surface area contributed by atoms with Crippen LogP contribution in [0.25, 0.3) is 0 Å². The molecule has 132 valence electrons. The average Bonchev–Trinajstić information content (AvgIpc) is 3.14. The highest BCUT2D eigenvalue weighted by Gasteiger charge is 2.56. The fourth-order valence-corrected chi connectivity index (χ4v) is 6.13. The molecule has 4 nitrogen and oxygen atoms in total. The number of para-hydroxylation sites is 1. The molecule has 2 N–H and O–H groups in total. The summed E-state index contributed by atoms with van der Waals surface area (Å²) in [4.78, 5) is 17.5. The van der Waals surface area contributed by atoms with E-state index in [2.05, 4.69) is 31.2 Å². The van der Waals surface area contributed by atoms with Crippen LogP contribution in [-0.2, 0) is 16.0 Å². The molecule has 0 bridgehead atoms. The number of benzene rings is 1.